The number of nitrogens with one attached hydrogen (secondary N) is 1. The fourth-order valence-electron chi connectivity index (χ4n) is 3.57. The van der Waals surface area contributed by atoms with Gasteiger partial charge in [0, 0.05) is 18.7 Å². The Bertz CT molecular complexity index is 558. The molecule has 1 aliphatic heterocycles. The zero-order valence-electron chi connectivity index (χ0n) is 11.3. The van der Waals surface area contributed by atoms with Gasteiger partial charge in [-0.1, -0.05) is 23.8 Å². The molecule has 1 heterocycles. The highest BCUT2D eigenvalue weighted by Crippen LogP contribution is 2.44. The van der Waals surface area contributed by atoms with Crippen molar-refractivity contribution >= 4 is 17.3 Å². The van der Waals surface area contributed by atoms with Crippen LogP contribution in [0.4, 0.5) is 5.69 Å². The van der Waals surface area contributed by atoms with Gasteiger partial charge in [0.15, 0.2) is 11.5 Å². The molecule has 1 fully saturated rings. The van der Waals surface area contributed by atoms with Crippen LogP contribution in [0.3, 0.4) is 0 Å². The highest BCUT2D eigenvalue weighted by atomic mass is 35.5. The van der Waals surface area contributed by atoms with Gasteiger partial charge in [0.1, 0.15) is 13.2 Å². The third-order valence-electron chi connectivity index (χ3n) is 4.60. The number of benzene rings is 1. The maximum Gasteiger partial charge on any atom is 0.163 e. The SMILES string of the molecule is Clc1cc2c(cc1NCC1CC3C=CC1C3)OCCO2. The van der Waals surface area contributed by atoms with E-state index in [0.29, 0.717) is 18.2 Å². The summed E-state index contributed by atoms with van der Waals surface area (Å²) in [6.45, 7) is 2.17. The van der Waals surface area contributed by atoms with Crippen molar-refractivity contribution in [2.24, 2.45) is 17.8 Å². The summed E-state index contributed by atoms with van der Waals surface area (Å²) in [5, 5.41) is 4.19. The van der Waals surface area contributed by atoms with Gasteiger partial charge < -0.3 is 14.8 Å². The lowest BCUT2D eigenvalue weighted by molar-refractivity contribution is 0.171. The van der Waals surface area contributed by atoms with Crippen molar-refractivity contribution in [1.29, 1.82) is 0 Å². The molecule has 0 saturated heterocycles. The van der Waals surface area contributed by atoms with Gasteiger partial charge in [-0.05, 0) is 30.6 Å². The summed E-state index contributed by atoms with van der Waals surface area (Å²) in [5.74, 6) is 3.82. The molecule has 3 atom stereocenters. The molecule has 1 aromatic rings. The van der Waals surface area contributed by atoms with E-state index < -0.39 is 0 Å². The molecule has 2 bridgehead atoms. The summed E-state index contributed by atoms with van der Waals surface area (Å²) in [7, 11) is 0. The van der Waals surface area contributed by atoms with Gasteiger partial charge in [-0.15, -0.1) is 0 Å². The molecule has 3 nitrogen and oxygen atoms in total. The third-order valence-corrected chi connectivity index (χ3v) is 4.92. The zero-order chi connectivity index (χ0) is 13.5. The first-order valence-electron chi connectivity index (χ1n) is 7.31. The van der Waals surface area contributed by atoms with Crippen LogP contribution in [0.25, 0.3) is 0 Å². The number of rotatable bonds is 3. The van der Waals surface area contributed by atoms with Crippen LogP contribution in [0, 0.1) is 17.8 Å². The van der Waals surface area contributed by atoms with Crippen molar-refractivity contribution in [1.82, 2.24) is 0 Å². The Hall–Kier alpha value is -1.35. The average Bonchev–Trinajstić information content (AvgIpc) is 3.07. The molecule has 2 aliphatic carbocycles. The van der Waals surface area contributed by atoms with Crippen LogP contribution in [0.2, 0.25) is 5.02 Å². The Balaban J connectivity index is 1.47. The van der Waals surface area contributed by atoms with Crippen LogP contribution in [0.15, 0.2) is 24.3 Å². The van der Waals surface area contributed by atoms with E-state index in [1.165, 1.54) is 12.8 Å². The fraction of sp³-hybridized carbons (Fsp3) is 0.500. The van der Waals surface area contributed by atoms with Gasteiger partial charge in [-0.25, -0.2) is 0 Å². The van der Waals surface area contributed by atoms with Gasteiger partial charge >= 0.3 is 0 Å². The van der Waals surface area contributed by atoms with Crippen LogP contribution in [0.5, 0.6) is 11.5 Å². The maximum atomic E-state index is 6.31. The van der Waals surface area contributed by atoms with Gasteiger partial charge in [0.2, 0.25) is 0 Å². The molecular weight excluding hydrogens is 274 g/mol. The van der Waals surface area contributed by atoms with Gasteiger partial charge in [0.05, 0.1) is 10.7 Å². The lowest BCUT2D eigenvalue weighted by Crippen LogP contribution is -2.19. The third kappa shape index (κ3) is 2.14. The van der Waals surface area contributed by atoms with Crippen molar-refractivity contribution < 1.29 is 9.47 Å². The first kappa shape index (κ1) is 12.4. The van der Waals surface area contributed by atoms with Crippen LogP contribution in [-0.4, -0.2) is 19.8 Å². The second-order valence-electron chi connectivity index (χ2n) is 5.90. The van der Waals surface area contributed by atoms with Crippen LogP contribution >= 0.6 is 11.6 Å². The zero-order valence-corrected chi connectivity index (χ0v) is 12.0. The normalized spacial score (nSPS) is 29.8. The number of fused-ring (bicyclic) bond motifs is 3. The van der Waals surface area contributed by atoms with E-state index in [0.717, 1.165) is 41.5 Å². The number of anilines is 1. The van der Waals surface area contributed by atoms with Crippen LogP contribution < -0.4 is 14.8 Å². The Kier molecular flexibility index (Phi) is 3.03. The standard InChI is InChI=1S/C16H18ClNO2/c17-13-7-15-16(20-4-3-19-15)8-14(13)18-9-12-6-10-1-2-11(12)5-10/h1-2,7-8,10-12,18H,3-6,9H2. The molecule has 3 unspecified atom stereocenters. The highest BCUT2D eigenvalue weighted by Gasteiger charge is 2.35. The molecule has 0 amide bonds. The minimum absolute atomic E-state index is 0.591. The fourth-order valence-corrected chi connectivity index (χ4v) is 3.79. The van der Waals surface area contributed by atoms with E-state index in [1.54, 1.807) is 0 Å². The summed E-state index contributed by atoms with van der Waals surface area (Å²) in [6, 6.07) is 3.80. The molecule has 106 valence electrons. The van der Waals surface area contributed by atoms with Crippen LogP contribution in [-0.2, 0) is 0 Å². The van der Waals surface area contributed by atoms with E-state index in [2.05, 4.69) is 17.5 Å². The number of hydrogen-bond acceptors (Lipinski definition) is 3. The molecular formula is C16H18ClNO2. The van der Waals surface area contributed by atoms with E-state index in [4.69, 9.17) is 21.1 Å². The quantitative estimate of drug-likeness (QED) is 0.861. The Morgan fingerprint density at radius 3 is 2.60 bits per heavy atom. The first-order chi connectivity index (χ1) is 9.79. The number of ether oxygens (including phenoxy) is 2. The maximum absolute atomic E-state index is 6.31. The monoisotopic (exact) mass is 291 g/mol. The van der Waals surface area contributed by atoms with E-state index in [9.17, 15) is 0 Å². The molecule has 3 aliphatic rings. The molecule has 0 spiro atoms. The summed E-state index contributed by atoms with van der Waals surface area (Å²) >= 11 is 6.31. The van der Waals surface area contributed by atoms with Crippen LogP contribution in [0.1, 0.15) is 12.8 Å². The topological polar surface area (TPSA) is 30.5 Å². The van der Waals surface area contributed by atoms with E-state index in [-0.39, 0.29) is 0 Å². The predicted octanol–water partition coefficient (Wildman–Crippen LogP) is 3.74. The van der Waals surface area contributed by atoms with Crippen molar-refractivity contribution in [2.45, 2.75) is 12.8 Å². The van der Waals surface area contributed by atoms with Crippen molar-refractivity contribution in [3.05, 3.63) is 29.3 Å². The summed E-state index contributed by atoms with van der Waals surface area (Å²) in [5.41, 5.74) is 0.947. The second-order valence-corrected chi connectivity index (χ2v) is 6.30. The molecule has 1 aromatic carbocycles. The van der Waals surface area contributed by atoms with Gasteiger partial charge in [-0.3, -0.25) is 0 Å². The molecule has 1 saturated carbocycles. The molecule has 4 rings (SSSR count). The summed E-state index contributed by atoms with van der Waals surface area (Å²) in [6.07, 6.45) is 7.39. The molecule has 4 heteroatoms. The smallest absolute Gasteiger partial charge is 0.163 e. The number of hydrogen-bond donors (Lipinski definition) is 1. The van der Waals surface area contributed by atoms with Crippen molar-refractivity contribution in [2.75, 3.05) is 25.1 Å². The number of allylic oxidation sites excluding steroid dienone is 2. The lowest BCUT2D eigenvalue weighted by atomic mass is 9.93. The highest BCUT2D eigenvalue weighted by molar-refractivity contribution is 6.33. The Labute approximate surface area is 123 Å². The molecule has 1 N–H and O–H groups in total. The first-order valence-corrected chi connectivity index (χ1v) is 7.69. The van der Waals surface area contributed by atoms with Crippen molar-refractivity contribution in [3.63, 3.8) is 0 Å². The minimum Gasteiger partial charge on any atom is -0.486 e. The Morgan fingerprint density at radius 1 is 1.10 bits per heavy atom. The molecule has 20 heavy (non-hydrogen) atoms. The molecule has 0 radical (unpaired) electrons. The second kappa shape index (κ2) is 4.88. The summed E-state index contributed by atoms with van der Waals surface area (Å²) in [4.78, 5) is 0. The predicted molar refractivity (Wildman–Crippen MR) is 79.8 cm³/mol. The van der Waals surface area contributed by atoms with Gasteiger partial charge in [0.25, 0.3) is 0 Å². The van der Waals surface area contributed by atoms with E-state index in [1.807, 2.05) is 12.1 Å². The number of halogens is 1. The van der Waals surface area contributed by atoms with E-state index >= 15 is 0 Å². The minimum atomic E-state index is 0.591. The van der Waals surface area contributed by atoms with Crippen molar-refractivity contribution in [3.8, 4) is 11.5 Å². The van der Waals surface area contributed by atoms with Gasteiger partial charge in [-0.2, -0.15) is 0 Å². The lowest BCUT2D eigenvalue weighted by Gasteiger charge is -2.22. The Morgan fingerprint density at radius 2 is 1.90 bits per heavy atom. The molecule has 0 aromatic heterocycles. The summed E-state index contributed by atoms with van der Waals surface area (Å²) < 4.78 is 11.1. The largest absolute Gasteiger partial charge is 0.486 e. The average molecular weight is 292 g/mol.